The molecule has 0 spiro atoms. The molecule has 2 N–H and O–H groups in total. The standard InChI is InChI=1S/C46H32N2O/c47-29-31-15-19-33(20-16-31)35-23-25-36(26-24-35)34-21-17-32(18-22-34)30-49-45-28-39(42-13-5-9-37-7-1-3-11-40(37)42)27-44(46(45)48)43-14-6-10-38-8-2-4-12-41(38)43/h1-28H,30,48H2. The molecule has 49 heavy (non-hydrogen) atoms. The maximum absolute atomic E-state index is 9.09. The lowest BCUT2D eigenvalue weighted by molar-refractivity contribution is 0.308. The summed E-state index contributed by atoms with van der Waals surface area (Å²) in [5.74, 6) is 0.663. The lowest BCUT2D eigenvalue weighted by atomic mass is 9.91. The van der Waals surface area contributed by atoms with Crippen molar-refractivity contribution >= 4 is 27.2 Å². The summed E-state index contributed by atoms with van der Waals surface area (Å²) in [7, 11) is 0. The number of nitrogen functional groups attached to an aromatic ring is 1. The summed E-state index contributed by atoms with van der Waals surface area (Å²) in [6.07, 6.45) is 0. The van der Waals surface area contributed by atoms with E-state index in [1.807, 2.05) is 24.3 Å². The van der Waals surface area contributed by atoms with Gasteiger partial charge in [-0.3, -0.25) is 0 Å². The summed E-state index contributed by atoms with van der Waals surface area (Å²) < 4.78 is 6.55. The van der Waals surface area contributed by atoms with Gasteiger partial charge in [-0.05, 0) is 90.3 Å². The quantitative estimate of drug-likeness (QED) is 0.179. The van der Waals surface area contributed by atoms with Crippen LogP contribution in [0.25, 0.3) is 66.1 Å². The second-order valence-electron chi connectivity index (χ2n) is 12.2. The molecule has 0 atom stereocenters. The van der Waals surface area contributed by atoms with Gasteiger partial charge in [-0.25, -0.2) is 0 Å². The Bertz CT molecular complexity index is 2480. The van der Waals surface area contributed by atoms with Crippen LogP contribution in [0.15, 0.2) is 170 Å². The van der Waals surface area contributed by atoms with Gasteiger partial charge in [-0.2, -0.15) is 5.26 Å². The van der Waals surface area contributed by atoms with Crippen molar-refractivity contribution < 1.29 is 4.74 Å². The zero-order chi connectivity index (χ0) is 33.2. The molecule has 0 unspecified atom stereocenters. The van der Waals surface area contributed by atoms with Crippen molar-refractivity contribution in [3.8, 4) is 56.3 Å². The number of hydrogen-bond donors (Lipinski definition) is 1. The van der Waals surface area contributed by atoms with E-state index in [9.17, 15) is 0 Å². The van der Waals surface area contributed by atoms with Crippen molar-refractivity contribution in [3.05, 3.63) is 181 Å². The molecule has 8 aromatic carbocycles. The lowest BCUT2D eigenvalue weighted by Crippen LogP contribution is -2.01. The van der Waals surface area contributed by atoms with Crippen LogP contribution in [-0.4, -0.2) is 0 Å². The first-order valence-electron chi connectivity index (χ1n) is 16.4. The van der Waals surface area contributed by atoms with E-state index in [1.165, 1.54) is 16.2 Å². The molecule has 0 saturated heterocycles. The highest BCUT2D eigenvalue weighted by Crippen LogP contribution is 2.42. The summed E-state index contributed by atoms with van der Waals surface area (Å²) in [6.45, 7) is 0.385. The molecule has 0 aliphatic carbocycles. The van der Waals surface area contributed by atoms with E-state index in [1.54, 1.807) is 0 Å². The summed E-state index contributed by atoms with van der Waals surface area (Å²) in [5.41, 5.74) is 18.0. The van der Waals surface area contributed by atoms with Crippen LogP contribution < -0.4 is 10.5 Å². The molecule has 0 bridgehead atoms. The van der Waals surface area contributed by atoms with Crippen molar-refractivity contribution in [3.63, 3.8) is 0 Å². The smallest absolute Gasteiger partial charge is 0.143 e. The third kappa shape index (κ3) is 5.89. The van der Waals surface area contributed by atoms with Crippen molar-refractivity contribution in [1.82, 2.24) is 0 Å². The van der Waals surface area contributed by atoms with E-state index in [0.29, 0.717) is 23.6 Å². The number of anilines is 1. The van der Waals surface area contributed by atoms with Gasteiger partial charge < -0.3 is 10.5 Å². The molecule has 3 heteroatoms. The van der Waals surface area contributed by atoms with Gasteiger partial charge in [0, 0.05) is 5.56 Å². The topological polar surface area (TPSA) is 59.0 Å². The van der Waals surface area contributed by atoms with E-state index in [2.05, 4.69) is 152 Å². The van der Waals surface area contributed by atoms with Gasteiger partial charge in [0.1, 0.15) is 12.4 Å². The Hall–Kier alpha value is -6.63. The minimum Gasteiger partial charge on any atom is -0.487 e. The Morgan fingerprint density at radius 1 is 0.469 bits per heavy atom. The number of nitriles is 1. The second-order valence-corrected chi connectivity index (χ2v) is 12.2. The first-order chi connectivity index (χ1) is 24.1. The lowest BCUT2D eigenvalue weighted by Gasteiger charge is -2.18. The van der Waals surface area contributed by atoms with Crippen LogP contribution in [0.3, 0.4) is 0 Å². The molecular weight excluding hydrogens is 597 g/mol. The molecule has 3 nitrogen and oxygen atoms in total. The maximum Gasteiger partial charge on any atom is 0.143 e. The van der Waals surface area contributed by atoms with Gasteiger partial charge in [-0.15, -0.1) is 0 Å². The molecule has 0 heterocycles. The molecule has 8 rings (SSSR count). The number of ether oxygens (including phenoxy) is 1. The first kappa shape index (κ1) is 29.8. The van der Waals surface area contributed by atoms with E-state index in [4.69, 9.17) is 15.7 Å². The molecular formula is C46H32N2O. The van der Waals surface area contributed by atoms with E-state index >= 15 is 0 Å². The second kappa shape index (κ2) is 12.9. The fourth-order valence-electron chi connectivity index (χ4n) is 6.61. The number of hydrogen-bond acceptors (Lipinski definition) is 3. The SMILES string of the molecule is N#Cc1ccc(-c2ccc(-c3ccc(COc4cc(-c5cccc6ccccc56)cc(-c5cccc6ccccc56)c4N)cc3)cc2)cc1. The first-order valence-corrected chi connectivity index (χ1v) is 16.4. The predicted octanol–water partition coefficient (Wildman–Crippen LogP) is 11.7. The van der Waals surface area contributed by atoms with Crippen LogP contribution in [0.4, 0.5) is 5.69 Å². The molecule has 0 aliphatic heterocycles. The Morgan fingerprint density at radius 3 is 1.55 bits per heavy atom. The Morgan fingerprint density at radius 2 is 0.959 bits per heavy atom. The molecule has 0 aliphatic rings. The molecule has 232 valence electrons. The fourth-order valence-corrected chi connectivity index (χ4v) is 6.61. The maximum atomic E-state index is 9.09. The third-order valence-electron chi connectivity index (χ3n) is 9.24. The summed E-state index contributed by atoms with van der Waals surface area (Å²) in [5, 5.41) is 13.8. The molecule has 0 saturated carbocycles. The van der Waals surface area contributed by atoms with Gasteiger partial charge >= 0.3 is 0 Å². The highest BCUT2D eigenvalue weighted by Gasteiger charge is 2.16. The van der Waals surface area contributed by atoms with Crippen LogP contribution >= 0.6 is 0 Å². The van der Waals surface area contributed by atoms with Gasteiger partial charge in [0.05, 0.1) is 17.3 Å². The Balaban J connectivity index is 1.10. The predicted molar refractivity (Wildman–Crippen MR) is 203 cm³/mol. The number of nitrogens with zero attached hydrogens (tertiary/aromatic N) is 1. The monoisotopic (exact) mass is 628 g/mol. The summed E-state index contributed by atoms with van der Waals surface area (Å²) in [6, 6.07) is 60.8. The van der Waals surface area contributed by atoms with Gasteiger partial charge in [0.15, 0.2) is 0 Å². The van der Waals surface area contributed by atoms with Crippen molar-refractivity contribution in [1.29, 1.82) is 5.26 Å². The number of nitrogens with two attached hydrogens (primary N) is 1. The van der Waals surface area contributed by atoms with E-state index in [-0.39, 0.29) is 0 Å². The highest BCUT2D eigenvalue weighted by atomic mass is 16.5. The zero-order valence-corrected chi connectivity index (χ0v) is 26.8. The van der Waals surface area contributed by atoms with Crippen LogP contribution in [-0.2, 0) is 6.61 Å². The van der Waals surface area contributed by atoms with Crippen molar-refractivity contribution in [2.75, 3.05) is 5.73 Å². The third-order valence-corrected chi connectivity index (χ3v) is 9.24. The van der Waals surface area contributed by atoms with Gasteiger partial charge in [-0.1, -0.05) is 146 Å². The zero-order valence-electron chi connectivity index (χ0n) is 26.8. The van der Waals surface area contributed by atoms with Crippen LogP contribution in [0, 0.1) is 11.3 Å². The number of benzene rings is 8. The number of rotatable bonds is 7. The molecule has 0 aromatic heterocycles. The fraction of sp³-hybridized carbons (Fsp3) is 0.0217. The normalized spacial score (nSPS) is 11.0. The number of fused-ring (bicyclic) bond motifs is 2. The summed E-state index contributed by atoms with van der Waals surface area (Å²) in [4.78, 5) is 0. The average Bonchev–Trinajstić information content (AvgIpc) is 3.17. The van der Waals surface area contributed by atoms with E-state index in [0.717, 1.165) is 55.5 Å². The Kier molecular flexibility index (Phi) is 7.82. The summed E-state index contributed by atoms with van der Waals surface area (Å²) >= 11 is 0. The van der Waals surface area contributed by atoms with Crippen molar-refractivity contribution in [2.24, 2.45) is 0 Å². The molecule has 0 radical (unpaired) electrons. The minimum absolute atomic E-state index is 0.385. The average molecular weight is 629 g/mol. The van der Waals surface area contributed by atoms with Gasteiger partial charge in [0.25, 0.3) is 0 Å². The van der Waals surface area contributed by atoms with Crippen LogP contribution in [0.2, 0.25) is 0 Å². The van der Waals surface area contributed by atoms with Crippen molar-refractivity contribution in [2.45, 2.75) is 6.61 Å². The molecule has 8 aromatic rings. The van der Waals surface area contributed by atoms with Gasteiger partial charge in [0.2, 0.25) is 0 Å². The molecule has 0 fully saturated rings. The highest BCUT2D eigenvalue weighted by molar-refractivity contribution is 6.03. The van der Waals surface area contributed by atoms with Crippen LogP contribution in [0.1, 0.15) is 11.1 Å². The largest absolute Gasteiger partial charge is 0.487 e. The van der Waals surface area contributed by atoms with E-state index < -0.39 is 0 Å². The Labute approximate surface area is 286 Å². The minimum atomic E-state index is 0.385. The molecule has 0 amide bonds. The van der Waals surface area contributed by atoms with Crippen LogP contribution in [0.5, 0.6) is 5.75 Å².